The summed E-state index contributed by atoms with van der Waals surface area (Å²) in [6.07, 6.45) is 0. The molecule has 1 unspecified atom stereocenters. The van der Waals surface area contributed by atoms with Crippen LogP contribution in [-0.4, -0.2) is 76.9 Å². The number of nitrogens with zero attached hydrogens (tertiary/aromatic N) is 6. The average Bonchev–Trinajstić information content (AvgIpc) is 3.32. The molecule has 2 fully saturated rings. The number of ether oxygens (including phenoxy) is 1. The Morgan fingerprint density at radius 1 is 1.15 bits per heavy atom. The Labute approximate surface area is 191 Å². The van der Waals surface area contributed by atoms with Crippen LogP contribution >= 0.6 is 0 Å². The van der Waals surface area contributed by atoms with E-state index in [9.17, 15) is 14.0 Å². The fraction of sp³-hybridized carbons (Fsp3) is 0.478. The number of morpholine rings is 1. The average molecular weight is 456 g/mol. The van der Waals surface area contributed by atoms with Crippen molar-refractivity contribution in [2.45, 2.75) is 33.0 Å². The number of carbonyl (C=O) groups excluding carboxylic acids is 2. The molecule has 2 aromatic rings. The van der Waals surface area contributed by atoms with Gasteiger partial charge in [-0.2, -0.15) is 0 Å². The van der Waals surface area contributed by atoms with Crippen LogP contribution in [0.1, 0.15) is 23.0 Å². The number of fused-ring (bicyclic) bond motifs is 3. The lowest BCUT2D eigenvalue weighted by molar-refractivity contribution is -0.688. The molecule has 3 aliphatic rings. The molecular formula is C23H28FN6O3+. The number of benzene rings is 1. The highest BCUT2D eigenvalue weighted by Crippen LogP contribution is 2.35. The third kappa shape index (κ3) is 3.63. The van der Waals surface area contributed by atoms with Gasteiger partial charge in [-0.15, -0.1) is 0 Å². The molecule has 1 atom stereocenters. The largest absolute Gasteiger partial charge is 0.402 e. The molecule has 0 saturated carbocycles. The molecule has 3 aliphatic heterocycles. The third-order valence-electron chi connectivity index (χ3n) is 6.82. The van der Waals surface area contributed by atoms with Crippen LogP contribution < -0.4 is 4.57 Å². The lowest BCUT2D eigenvalue weighted by Gasteiger charge is -2.33. The fourth-order valence-corrected chi connectivity index (χ4v) is 4.75. The molecular weight excluding hydrogens is 427 g/mol. The number of likely N-dealkylation sites (N-methyl/N-ethyl adjacent to an activating group) is 1. The smallest absolute Gasteiger partial charge is 0.379 e. The Hall–Kier alpha value is -3.11. The highest BCUT2D eigenvalue weighted by atomic mass is 19.1. The zero-order chi connectivity index (χ0) is 23.3. The standard InChI is InChI=1S/C23H28FN6O3/c1-15-16(2)30-19-20(25-22(30)28(15)9-8-27-10-12-33-13-11-27)26(3)23(32)29(21(19)31)14-17-4-6-18(24)7-5-17/h4-7,19H,8-14H2,1-3H3/q+1. The number of rotatable bonds is 5. The van der Waals surface area contributed by atoms with Crippen molar-refractivity contribution in [3.05, 3.63) is 47.0 Å². The Kier molecular flexibility index (Phi) is 5.49. The van der Waals surface area contributed by atoms with Gasteiger partial charge >= 0.3 is 12.0 Å². The first-order valence-electron chi connectivity index (χ1n) is 11.2. The van der Waals surface area contributed by atoms with Crippen LogP contribution in [0.4, 0.5) is 15.1 Å². The van der Waals surface area contributed by atoms with E-state index < -0.39 is 12.1 Å². The summed E-state index contributed by atoms with van der Waals surface area (Å²) in [6, 6.07) is 4.71. The van der Waals surface area contributed by atoms with Crippen LogP contribution in [0.5, 0.6) is 0 Å². The number of hydrogen-bond donors (Lipinski definition) is 0. The topological polar surface area (TPSA) is 74.3 Å². The molecule has 10 heteroatoms. The minimum atomic E-state index is -0.688. The minimum Gasteiger partial charge on any atom is -0.379 e. The van der Waals surface area contributed by atoms with Gasteiger partial charge in [0.1, 0.15) is 17.2 Å². The second kappa shape index (κ2) is 8.35. The first-order valence-corrected chi connectivity index (χ1v) is 11.2. The second-order valence-electron chi connectivity index (χ2n) is 8.71. The molecule has 1 aromatic carbocycles. The maximum absolute atomic E-state index is 13.5. The first kappa shape index (κ1) is 21.7. The molecule has 2 saturated heterocycles. The second-order valence-corrected chi connectivity index (χ2v) is 8.71. The van der Waals surface area contributed by atoms with Crippen LogP contribution in [0.3, 0.4) is 0 Å². The maximum atomic E-state index is 13.5. The molecule has 0 spiro atoms. The molecule has 0 N–H and O–H groups in total. The van der Waals surface area contributed by atoms with E-state index in [4.69, 9.17) is 9.73 Å². The van der Waals surface area contributed by atoms with Crippen LogP contribution in [-0.2, 0) is 22.6 Å². The summed E-state index contributed by atoms with van der Waals surface area (Å²) in [7, 11) is 1.64. The van der Waals surface area contributed by atoms with E-state index in [1.807, 2.05) is 18.4 Å². The van der Waals surface area contributed by atoms with Crippen LogP contribution in [0.2, 0.25) is 0 Å². The van der Waals surface area contributed by atoms with E-state index in [1.165, 1.54) is 21.9 Å². The van der Waals surface area contributed by atoms with Gasteiger partial charge in [0.25, 0.3) is 5.91 Å². The Bertz CT molecular complexity index is 1140. The number of urea groups is 1. The number of carbonyl (C=O) groups is 2. The lowest BCUT2D eigenvalue weighted by atomic mass is 10.1. The lowest BCUT2D eigenvalue weighted by Crippen LogP contribution is -2.57. The zero-order valence-electron chi connectivity index (χ0n) is 19.1. The molecule has 1 aromatic heterocycles. The number of aromatic nitrogens is 2. The van der Waals surface area contributed by atoms with Crippen molar-refractivity contribution < 1.29 is 23.3 Å². The van der Waals surface area contributed by atoms with Gasteiger partial charge in [0.05, 0.1) is 26.3 Å². The van der Waals surface area contributed by atoms with Gasteiger partial charge < -0.3 is 4.74 Å². The predicted molar refractivity (Wildman–Crippen MR) is 118 cm³/mol. The van der Waals surface area contributed by atoms with Crippen LogP contribution in [0.15, 0.2) is 29.3 Å². The Morgan fingerprint density at radius 3 is 2.55 bits per heavy atom. The van der Waals surface area contributed by atoms with E-state index in [1.54, 1.807) is 19.2 Å². The summed E-state index contributed by atoms with van der Waals surface area (Å²) >= 11 is 0. The monoisotopic (exact) mass is 455 g/mol. The molecule has 4 heterocycles. The van der Waals surface area contributed by atoms with Gasteiger partial charge in [-0.3, -0.25) is 19.5 Å². The molecule has 174 valence electrons. The number of halogens is 1. The van der Waals surface area contributed by atoms with Gasteiger partial charge in [0, 0.05) is 26.7 Å². The van der Waals surface area contributed by atoms with E-state index in [2.05, 4.69) is 9.47 Å². The molecule has 0 bridgehead atoms. The van der Waals surface area contributed by atoms with E-state index in [0.29, 0.717) is 17.3 Å². The quantitative estimate of drug-likeness (QED) is 0.642. The van der Waals surface area contributed by atoms with Crippen LogP contribution in [0.25, 0.3) is 0 Å². The molecule has 33 heavy (non-hydrogen) atoms. The van der Waals surface area contributed by atoms with E-state index >= 15 is 0 Å². The molecule has 3 amide bonds. The normalized spacial score (nSPS) is 20.8. The van der Waals surface area contributed by atoms with Crippen LogP contribution in [0, 0.1) is 19.7 Å². The van der Waals surface area contributed by atoms with Gasteiger partial charge in [-0.05, 0) is 31.5 Å². The summed E-state index contributed by atoms with van der Waals surface area (Å²) in [4.78, 5) is 36.4. The van der Waals surface area contributed by atoms with Gasteiger partial charge in [-0.1, -0.05) is 17.1 Å². The number of imide groups is 1. The SMILES string of the molecule is Cc1c(C)[n+](CCN2CCOCC2)c2n1C1C(=O)N(Cc3ccc(F)cc3)C(=O)N(C)C1=N2. The summed E-state index contributed by atoms with van der Waals surface area (Å²) < 4.78 is 22.8. The zero-order valence-corrected chi connectivity index (χ0v) is 19.1. The summed E-state index contributed by atoms with van der Waals surface area (Å²) in [5, 5.41) is 0. The highest BCUT2D eigenvalue weighted by Gasteiger charge is 2.54. The number of hydrogen-bond acceptors (Lipinski definition) is 5. The Morgan fingerprint density at radius 2 is 1.85 bits per heavy atom. The van der Waals surface area contributed by atoms with E-state index in [0.717, 1.165) is 50.8 Å². The maximum Gasteiger partial charge on any atom is 0.402 e. The highest BCUT2D eigenvalue weighted by molar-refractivity contribution is 6.20. The van der Waals surface area contributed by atoms with Gasteiger partial charge in [0.15, 0.2) is 0 Å². The molecule has 5 rings (SSSR count). The molecule has 9 nitrogen and oxygen atoms in total. The summed E-state index contributed by atoms with van der Waals surface area (Å²) in [5.74, 6) is 0.453. The van der Waals surface area contributed by atoms with Crippen molar-refractivity contribution in [3.8, 4) is 0 Å². The minimum absolute atomic E-state index is 0.0811. The summed E-state index contributed by atoms with van der Waals surface area (Å²) in [5.41, 5.74) is 2.69. The molecule has 0 radical (unpaired) electrons. The van der Waals surface area contributed by atoms with Crippen molar-refractivity contribution in [1.82, 2.24) is 19.3 Å². The van der Waals surface area contributed by atoms with E-state index in [-0.39, 0.29) is 18.3 Å². The van der Waals surface area contributed by atoms with Crippen molar-refractivity contribution in [2.75, 3.05) is 39.9 Å². The van der Waals surface area contributed by atoms with Crippen molar-refractivity contribution >= 4 is 23.7 Å². The van der Waals surface area contributed by atoms with Gasteiger partial charge in [-0.25, -0.2) is 18.3 Å². The Balaban J connectivity index is 1.45. The fourth-order valence-electron chi connectivity index (χ4n) is 4.75. The van der Waals surface area contributed by atoms with Crippen molar-refractivity contribution in [2.24, 2.45) is 4.99 Å². The number of aliphatic imine (C=N–C) groups is 1. The predicted octanol–water partition coefficient (Wildman–Crippen LogP) is 1.54. The number of amidine groups is 1. The van der Waals surface area contributed by atoms with Crippen molar-refractivity contribution in [3.63, 3.8) is 0 Å². The molecule has 0 aliphatic carbocycles. The first-order chi connectivity index (χ1) is 15.9. The summed E-state index contributed by atoms with van der Waals surface area (Å²) in [6.45, 7) is 8.99. The number of amides is 3. The number of imidazole rings is 1. The van der Waals surface area contributed by atoms with Crippen molar-refractivity contribution in [1.29, 1.82) is 0 Å². The van der Waals surface area contributed by atoms with Gasteiger partial charge in [0.2, 0.25) is 11.9 Å². The third-order valence-corrected chi connectivity index (χ3v) is 6.82.